The quantitative estimate of drug-likeness (QED) is 0.750. The van der Waals surface area contributed by atoms with Gasteiger partial charge in [-0.05, 0) is 41.4 Å². The van der Waals surface area contributed by atoms with E-state index in [1.165, 1.54) is 5.56 Å². The number of ether oxygens (including phenoxy) is 2. The van der Waals surface area contributed by atoms with E-state index in [-0.39, 0.29) is 0 Å². The van der Waals surface area contributed by atoms with Crippen LogP contribution in [0, 0.1) is 0 Å². The van der Waals surface area contributed by atoms with E-state index in [4.69, 9.17) is 9.47 Å². The van der Waals surface area contributed by atoms with E-state index >= 15 is 0 Å². The maximum atomic E-state index is 5.94. The van der Waals surface area contributed by atoms with Gasteiger partial charge >= 0.3 is 0 Å². The molecule has 2 rings (SSSR count). The Hall–Kier alpha value is -1.52. The maximum absolute atomic E-state index is 5.94. The van der Waals surface area contributed by atoms with Crippen LogP contribution >= 0.6 is 11.3 Å². The average molecular weight is 291 g/mol. The van der Waals surface area contributed by atoms with Crippen LogP contribution < -0.4 is 14.8 Å². The number of methoxy groups -OCH3 is 1. The molecule has 1 aromatic carbocycles. The molecule has 2 aromatic rings. The third-order valence-corrected chi connectivity index (χ3v) is 3.72. The summed E-state index contributed by atoms with van der Waals surface area (Å²) in [7, 11) is 1.67. The van der Waals surface area contributed by atoms with Crippen molar-refractivity contribution in [2.75, 3.05) is 13.7 Å². The Morgan fingerprint density at radius 3 is 2.85 bits per heavy atom. The van der Waals surface area contributed by atoms with E-state index in [1.807, 2.05) is 12.1 Å². The first-order valence-electron chi connectivity index (χ1n) is 6.85. The minimum absolute atomic E-state index is 0.595. The molecule has 1 aromatic heterocycles. The highest BCUT2D eigenvalue weighted by molar-refractivity contribution is 7.07. The highest BCUT2D eigenvalue weighted by Crippen LogP contribution is 2.26. The third-order valence-electron chi connectivity index (χ3n) is 2.99. The summed E-state index contributed by atoms with van der Waals surface area (Å²) in [6, 6.07) is 8.07. The molecular weight excluding hydrogens is 270 g/mol. The van der Waals surface area contributed by atoms with Gasteiger partial charge in [0, 0.05) is 18.2 Å². The Kier molecular flexibility index (Phi) is 5.89. The molecule has 0 unspecified atom stereocenters. The fourth-order valence-corrected chi connectivity index (χ4v) is 2.53. The van der Waals surface area contributed by atoms with E-state index in [2.05, 4.69) is 35.1 Å². The van der Waals surface area contributed by atoms with Gasteiger partial charge in [0.2, 0.25) is 0 Å². The lowest BCUT2D eigenvalue weighted by Gasteiger charge is -2.13. The fraction of sp³-hybridized carbons (Fsp3) is 0.375. The number of thiophene rings is 1. The van der Waals surface area contributed by atoms with Crippen LogP contribution in [0.25, 0.3) is 0 Å². The van der Waals surface area contributed by atoms with E-state index in [0.29, 0.717) is 6.61 Å². The lowest BCUT2D eigenvalue weighted by Crippen LogP contribution is -2.14. The van der Waals surface area contributed by atoms with Crippen molar-refractivity contribution in [2.24, 2.45) is 0 Å². The van der Waals surface area contributed by atoms with Crippen LogP contribution in [0.3, 0.4) is 0 Å². The smallest absolute Gasteiger partial charge is 0.127 e. The van der Waals surface area contributed by atoms with E-state index < -0.39 is 0 Å². The first-order chi connectivity index (χ1) is 9.83. The molecule has 0 fully saturated rings. The van der Waals surface area contributed by atoms with Crippen LogP contribution in [-0.4, -0.2) is 13.7 Å². The molecule has 1 heterocycles. The van der Waals surface area contributed by atoms with Gasteiger partial charge in [0.15, 0.2) is 0 Å². The predicted octanol–water partition coefficient (Wildman–Crippen LogP) is 3.84. The fourth-order valence-electron chi connectivity index (χ4n) is 1.88. The van der Waals surface area contributed by atoms with Crippen molar-refractivity contribution in [2.45, 2.75) is 26.5 Å². The SMILES string of the molecule is CCCNCc1ccc(OC)cc1OCc1ccsc1. The second-order valence-corrected chi connectivity index (χ2v) is 5.35. The van der Waals surface area contributed by atoms with Crippen molar-refractivity contribution >= 4 is 11.3 Å². The normalized spacial score (nSPS) is 10.5. The van der Waals surface area contributed by atoms with Crippen LogP contribution in [-0.2, 0) is 13.2 Å². The summed E-state index contributed by atoms with van der Waals surface area (Å²) in [5.74, 6) is 1.71. The average Bonchev–Trinajstić information content (AvgIpc) is 2.99. The summed E-state index contributed by atoms with van der Waals surface area (Å²) < 4.78 is 11.2. The molecule has 0 aliphatic rings. The van der Waals surface area contributed by atoms with Gasteiger partial charge in [-0.2, -0.15) is 11.3 Å². The van der Waals surface area contributed by atoms with E-state index in [0.717, 1.165) is 36.6 Å². The molecule has 0 spiro atoms. The molecule has 1 N–H and O–H groups in total. The minimum atomic E-state index is 0.595. The summed E-state index contributed by atoms with van der Waals surface area (Å²) in [4.78, 5) is 0. The summed E-state index contributed by atoms with van der Waals surface area (Å²) in [6.45, 7) is 4.58. The van der Waals surface area contributed by atoms with Crippen molar-refractivity contribution < 1.29 is 9.47 Å². The van der Waals surface area contributed by atoms with Crippen molar-refractivity contribution in [3.63, 3.8) is 0 Å². The molecule has 0 saturated carbocycles. The monoisotopic (exact) mass is 291 g/mol. The number of hydrogen-bond donors (Lipinski definition) is 1. The Bertz CT molecular complexity index is 511. The highest BCUT2D eigenvalue weighted by Gasteiger charge is 2.06. The zero-order valence-electron chi connectivity index (χ0n) is 12.0. The van der Waals surface area contributed by atoms with Gasteiger partial charge in [0.25, 0.3) is 0 Å². The molecule has 0 aliphatic carbocycles. The zero-order chi connectivity index (χ0) is 14.2. The molecule has 20 heavy (non-hydrogen) atoms. The predicted molar refractivity (Wildman–Crippen MR) is 83.6 cm³/mol. The van der Waals surface area contributed by atoms with Crippen LogP contribution in [0.5, 0.6) is 11.5 Å². The minimum Gasteiger partial charge on any atom is -0.497 e. The first kappa shape index (κ1) is 14.9. The van der Waals surface area contributed by atoms with Gasteiger partial charge in [-0.1, -0.05) is 13.0 Å². The van der Waals surface area contributed by atoms with Crippen LogP contribution in [0.4, 0.5) is 0 Å². The van der Waals surface area contributed by atoms with E-state index in [1.54, 1.807) is 18.4 Å². The largest absolute Gasteiger partial charge is 0.497 e. The summed E-state index contributed by atoms with van der Waals surface area (Å²) in [6.07, 6.45) is 1.13. The number of rotatable bonds is 8. The van der Waals surface area contributed by atoms with Crippen molar-refractivity contribution in [3.8, 4) is 11.5 Å². The highest BCUT2D eigenvalue weighted by atomic mass is 32.1. The molecule has 0 saturated heterocycles. The van der Waals surface area contributed by atoms with Crippen LogP contribution in [0.1, 0.15) is 24.5 Å². The molecule has 0 atom stereocenters. The molecular formula is C16H21NO2S. The van der Waals surface area contributed by atoms with Crippen LogP contribution in [0.15, 0.2) is 35.0 Å². The van der Waals surface area contributed by atoms with Crippen molar-refractivity contribution in [3.05, 3.63) is 46.2 Å². The molecule has 108 valence electrons. The summed E-state index contributed by atoms with van der Waals surface area (Å²) >= 11 is 1.69. The van der Waals surface area contributed by atoms with Gasteiger partial charge in [-0.3, -0.25) is 0 Å². The Morgan fingerprint density at radius 1 is 1.25 bits per heavy atom. The zero-order valence-corrected chi connectivity index (χ0v) is 12.8. The van der Waals surface area contributed by atoms with Gasteiger partial charge in [-0.15, -0.1) is 0 Å². The lowest BCUT2D eigenvalue weighted by atomic mass is 10.2. The van der Waals surface area contributed by atoms with Crippen molar-refractivity contribution in [1.29, 1.82) is 0 Å². The first-order valence-corrected chi connectivity index (χ1v) is 7.79. The van der Waals surface area contributed by atoms with Gasteiger partial charge in [0.1, 0.15) is 18.1 Å². The van der Waals surface area contributed by atoms with Crippen LogP contribution in [0.2, 0.25) is 0 Å². The molecule has 0 bridgehead atoms. The maximum Gasteiger partial charge on any atom is 0.127 e. The van der Waals surface area contributed by atoms with Gasteiger partial charge in [-0.25, -0.2) is 0 Å². The summed E-state index contributed by atoms with van der Waals surface area (Å²) in [5.41, 5.74) is 2.36. The van der Waals surface area contributed by atoms with E-state index in [9.17, 15) is 0 Å². The topological polar surface area (TPSA) is 30.5 Å². The molecule has 0 aliphatic heterocycles. The summed E-state index contributed by atoms with van der Waals surface area (Å²) in [5, 5.41) is 7.57. The molecule has 4 heteroatoms. The second kappa shape index (κ2) is 7.92. The lowest BCUT2D eigenvalue weighted by molar-refractivity contribution is 0.300. The number of nitrogens with one attached hydrogen (secondary N) is 1. The molecule has 3 nitrogen and oxygen atoms in total. The molecule has 0 amide bonds. The van der Waals surface area contributed by atoms with Gasteiger partial charge < -0.3 is 14.8 Å². The molecule has 0 radical (unpaired) electrons. The Labute approximate surface area is 124 Å². The van der Waals surface area contributed by atoms with Gasteiger partial charge in [0.05, 0.1) is 7.11 Å². The standard InChI is InChI=1S/C16H21NO2S/c1-3-7-17-10-14-4-5-15(18-2)9-16(14)19-11-13-6-8-20-12-13/h4-6,8-9,12,17H,3,7,10-11H2,1-2H3. The number of hydrogen-bond acceptors (Lipinski definition) is 4. The third kappa shape index (κ3) is 4.25. The Morgan fingerprint density at radius 2 is 2.15 bits per heavy atom. The Balaban J connectivity index is 2.05. The second-order valence-electron chi connectivity index (χ2n) is 4.57. The van der Waals surface area contributed by atoms with Crippen molar-refractivity contribution in [1.82, 2.24) is 5.32 Å². The number of benzene rings is 1.